The predicted molar refractivity (Wildman–Crippen MR) is 59.9 cm³/mol. The van der Waals surface area contributed by atoms with Crippen molar-refractivity contribution in [2.45, 2.75) is 27.2 Å². The van der Waals surface area contributed by atoms with Crippen LogP contribution in [0.1, 0.15) is 27.2 Å². The van der Waals surface area contributed by atoms with Crippen LogP contribution in [0.2, 0.25) is 0 Å². The van der Waals surface area contributed by atoms with Crippen LogP contribution in [0, 0.1) is 5.92 Å². The predicted octanol–water partition coefficient (Wildman–Crippen LogP) is -0.160. The van der Waals surface area contributed by atoms with E-state index in [9.17, 15) is 4.79 Å². The molecule has 0 fully saturated rings. The lowest BCUT2D eigenvalue weighted by Gasteiger charge is -1.96. The molecule has 0 spiro atoms. The molecule has 5 heteroatoms. The standard InChI is InChI=1S/C5H11NO.C4H11N3/c1-4(2)5(7)3-6;1-2-3-7-4(5)6/h4H,3,6H2,1-2H3;2-3H2,1H3,(H4,5,6,7). The number of guanidine groups is 1. The molecule has 0 rings (SSSR count). The molecule has 0 aromatic rings. The Morgan fingerprint density at radius 2 is 1.86 bits per heavy atom. The van der Waals surface area contributed by atoms with Crippen LogP contribution in [-0.2, 0) is 4.79 Å². The van der Waals surface area contributed by atoms with Gasteiger partial charge in [-0.2, -0.15) is 0 Å². The molecule has 0 aromatic heterocycles. The quantitative estimate of drug-likeness (QED) is 0.435. The molecular weight excluding hydrogens is 180 g/mol. The molecule has 0 amide bonds. The van der Waals surface area contributed by atoms with Crippen LogP contribution in [-0.4, -0.2) is 24.8 Å². The van der Waals surface area contributed by atoms with Crippen LogP contribution < -0.4 is 17.2 Å². The second-order valence-corrected chi connectivity index (χ2v) is 3.13. The number of Topliss-reactive ketones (excluding diaryl/α,β-unsaturated/α-hetero) is 1. The highest BCUT2D eigenvalue weighted by atomic mass is 16.1. The SMILES string of the molecule is CC(C)C(=O)CN.CCCN=C(N)N. The molecule has 0 bridgehead atoms. The first kappa shape index (κ1) is 15.4. The van der Waals surface area contributed by atoms with Gasteiger partial charge in [-0.05, 0) is 6.42 Å². The van der Waals surface area contributed by atoms with Crippen molar-refractivity contribution in [3.05, 3.63) is 0 Å². The average molecular weight is 202 g/mol. The molecule has 0 aliphatic rings. The molecule has 0 radical (unpaired) electrons. The van der Waals surface area contributed by atoms with Gasteiger partial charge in [0.1, 0.15) is 5.78 Å². The summed E-state index contributed by atoms with van der Waals surface area (Å²) in [6, 6.07) is 0. The summed E-state index contributed by atoms with van der Waals surface area (Å²) >= 11 is 0. The number of rotatable bonds is 4. The van der Waals surface area contributed by atoms with Gasteiger partial charge in [-0.15, -0.1) is 0 Å². The smallest absolute Gasteiger partial charge is 0.185 e. The summed E-state index contributed by atoms with van der Waals surface area (Å²) in [5.74, 6) is 0.409. The molecule has 6 N–H and O–H groups in total. The van der Waals surface area contributed by atoms with Gasteiger partial charge in [0.25, 0.3) is 0 Å². The second-order valence-electron chi connectivity index (χ2n) is 3.13. The van der Waals surface area contributed by atoms with Crippen LogP contribution in [0.4, 0.5) is 0 Å². The lowest BCUT2D eigenvalue weighted by atomic mass is 10.1. The van der Waals surface area contributed by atoms with Crippen molar-refractivity contribution in [2.75, 3.05) is 13.1 Å². The summed E-state index contributed by atoms with van der Waals surface area (Å²) in [6.45, 7) is 6.62. The van der Waals surface area contributed by atoms with Crippen LogP contribution in [0.15, 0.2) is 4.99 Å². The number of hydrogen-bond acceptors (Lipinski definition) is 3. The van der Waals surface area contributed by atoms with Gasteiger partial charge in [-0.3, -0.25) is 9.79 Å². The highest BCUT2D eigenvalue weighted by molar-refractivity contribution is 5.81. The molecule has 84 valence electrons. The van der Waals surface area contributed by atoms with E-state index in [0.29, 0.717) is 0 Å². The third-order valence-corrected chi connectivity index (χ3v) is 1.36. The number of aliphatic imine (C=N–C) groups is 1. The average Bonchev–Trinajstić information content (AvgIpc) is 2.14. The largest absolute Gasteiger partial charge is 0.370 e. The maximum Gasteiger partial charge on any atom is 0.185 e. The highest BCUT2D eigenvalue weighted by Crippen LogP contribution is 1.89. The van der Waals surface area contributed by atoms with Gasteiger partial charge in [0.05, 0.1) is 6.54 Å². The summed E-state index contributed by atoms with van der Waals surface area (Å²) in [6.07, 6.45) is 0.998. The van der Waals surface area contributed by atoms with Crippen molar-refractivity contribution in [1.82, 2.24) is 0 Å². The monoisotopic (exact) mass is 202 g/mol. The first-order valence-corrected chi connectivity index (χ1v) is 4.73. The van der Waals surface area contributed by atoms with Gasteiger partial charge in [0.2, 0.25) is 0 Å². The van der Waals surface area contributed by atoms with E-state index in [1.807, 2.05) is 20.8 Å². The first-order chi connectivity index (χ1) is 6.45. The zero-order valence-corrected chi connectivity index (χ0v) is 9.29. The topological polar surface area (TPSA) is 107 Å². The Morgan fingerprint density at radius 1 is 1.36 bits per heavy atom. The maximum absolute atomic E-state index is 10.4. The van der Waals surface area contributed by atoms with Crippen LogP contribution in [0.3, 0.4) is 0 Å². The highest BCUT2D eigenvalue weighted by Gasteiger charge is 2.01. The molecule has 0 saturated carbocycles. The van der Waals surface area contributed by atoms with E-state index in [4.69, 9.17) is 17.2 Å². The van der Waals surface area contributed by atoms with Gasteiger partial charge >= 0.3 is 0 Å². The zero-order valence-electron chi connectivity index (χ0n) is 9.29. The molecule has 5 nitrogen and oxygen atoms in total. The van der Waals surface area contributed by atoms with E-state index < -0.39 is 0 Å². The van der Waals surface area contributed by atoms with Gasteiger partial charge in [0, 0.05) is 12.5 Å². The van der Waals surface area contributed by atoms with E-state index in [0.717, 1.165) is 13.0 Å². The Morgan fingerprint density at radius 3 is 1.93 bits per heavy atom. The van der Waals surface area contributed by atoms with Gasteiger partial charge in [-0.1, -0.05) is 20.8 Å². The number of carbonyl (C=O) groups is 1. The second kappa shape index (κ2) is 9.98. The molecule has 0 saturated heterocycles. The van der Waals surface area contributed by atoms with Crippen molar-refractivity contribution in [3.8, 4) is 0 Å². The van der Waals surface area contributed by atoms with E-state index in [1.165, 1.54) is 0 Å². The summed E-state index contributed by atoms with van der Waals surface area (Å²) in [7, 11) is 0. The molecule has 0 unspecified atom stereocenters. The first-order valence-electron chi connectivity index (χ1n) is 4.73. The lowest BCUT2D eigenvalue weighted by molar-refractivity contribution is -0.120. The van der Waals surface area contributed by atoms with E-state index in [2.05, 4.69) is 4.99 Å². The minimum Gasteiger partial charge on any atom is -0.370 e. The van der Waals surface area contributed by atoms with Crippen molar-refractivity contribution >= 4 is 11.7 Å². The molecule has 0 heterocycles. The summed E-state index contributed by atoms with van der Waals surface area (Å²) in [5.41, 5.74) is 15.0. The zero-order chi connectivity index (χ0) is 11.6. The van der Waals surface area contributed by atoms with Crippen LogP contribution >= 0.6 is 0 Å². The van der Waals surface area contributed by atoms with E-state index >= 15 is 0 Å². The Kier molecular flexibility index (Phi) is 11.0. The van der Waals surface area contributed by atoms with E-state index in [-0.39, 0.29) is 24.2 Å². The van der Waals surface area contributed by atoms with E-state index in [1.54, 1.807) is 0 Å². The van der Waals surface area contributed by atoms with Crippen LogP contribution in [0.25, 0.3) is 0 Å². The Balaban J connectivity index is 0. The van der Waals surface area contributed by atoms with Gasteiger partial charge in [0.15, 0.2) is 5.96 Å². The lowest BCUT2D eigenvalue weighted by Crippen LogP contribution is -2.22. The van der Waals surface area contributed by atoms with Crippen molar-refractivity contribution in [3.63, 3.8) is 0 Å². The number of carbonyl (C=O) groups excluding carboxylic acids is 1. The molecule has 0 atom stereocenters. The fourth-order valence-corrected chi connectivity index (χ4v) is 0.477. The van der Waals surface area contributed by atoms with Crippen LogP contribution in [0.5, 0.6) is 0 Å². The summed E-state index contributed by atoms with van der Waals surface area (Å²) < 4.78 is 0. The molecule has 14 heavy (non-hydrogen) atoms. The Labute approximate surface area is 85.7 Å². The maximum atomic E-state index is 10.4. The molecule has 0 aliphatic carbocycles. The summed E-state index contributed by atoms with van der Waals surface area (Å²) in [5, 5.41) is 0. The number of nitrogens with two attached hydrogens (primary N) is 3. The van der Waals surface area contributed by atoms with Crippen molar-refractivity contribution in [2.24, 2.45) is 28.1 Å². The molecular formula is C9H22N4O. The fraction of sp³-hybridized carbons (Fsp3) is 0.778. The summed E-state index contributed by atoms with van der Waals surface area (Å²) in [4.78, 5) is 14.1. The third kappa shape index (κ3) is 13.5. The van der Waals surface area contributed by atoms with Gasteiger partial charge in [-0.25, -0.2) is 0 Å². The Hall–Kier alpha value is -1.10. The normalized spacial score (nSPS) is 8.93. The molecule has 0 aliphatic heterocycles. The molecule has 0 aromatic carbocycles. The Bertz CT molecular complexity index is 174. The number of ketones is 1. The van der Waals surface area contributed by atoms with Crippen molar-refractivity contribution in [1.29, 1.82) is 0 Å². The minimum absolute atomic E-state index is 0.102. The number of hydrogen-bond donors (Lipinski definition) is 3. The third-order valence-electron chi connectivity index (χ3n) is 1.36. The van der Waals surface area contributed by atoms with Gasteiger partial charge < -0.3 is 17.2 Å². The minimum atomic E-state index is 0.102. The van der Waals surface area contributed by atoms with Crippen molar-refractivity contribution < 1.29 is 4.79 Å². The fourth-order valence-electron chi connectivity index (χ4n) is 0.477. The number of nitrogens with zero attached hydrogens (tertiary/aromatic N) is 1.